The van der Waals surface area contributed by atoms with Crippen LogP contribution in [0.15, 0.2) is 18.2 Å². The Morgan fingerprint density at radius 1 is 1.33 bits per heavy atom. The van der Waals surface area contributed by atoms with Crippen LogP contribution in [0.4, 0.5) is 16.2 Å². The second-order valence-electron chi connectivity index (χ2n) is 7.44. The molecule has 2 aliphatic rings. The van der Waals surface area contributed by atoms with Gasteiger partial charge in [-0.3, -0.25) is 19.8 Å². The molecule has 1 aromatic carbocycles. The van der Waals surface area contributed by atoms with Gasteiger partial charge in [0.15, 0.2) is 0 Å². The quantitative estimate of drug-likeness (QED) is 0.472. The topological polar surface area (TPSA) is 125 Å². The summed E-state index contributed by atoms with van der Waals surface area (Å²) in [6.45, 7) is 2.56. The molecule has 2 fully saturated rings. The first-order valence-electron chi connectivity index (χ1n) is 9.10. The highest BCUT2D eigenvalue weighted by Crippen LogP contribution is 2.33. The first kappa shape index (κ1) is 19.1. The maximum atomic E-state index is 12.2. The van der Waals surface area contributed by atoms with Crippen LogP contribution in [-0.4, -0.2) is 52.1 Å². The molecule has 146 valence electrons. The Labute approximate surface area is 156 Å². The molecule has 3 N–H and O–H groups in total. The van der Waals surface area contributed by atoms with Gasteiger partial charge >= 0.3 is 12.0 Å². The second kappa shape index (κ2) is 7.91. The largest absolute Gasteiger partial charge is 0.480 e. The van der Waals surface area contributed by atoms with Crippen molar-refractivity contribution in [3.8, 4) is 0 Å². The summed E-state index contributed by atoms with van der Waals surface area (Å²) in [6.07, 6.45) is 3.79. The van der Waals surface area contributed by atoms with Crippen molar-refractivity contribution in [2.45, 2.75) is 44.7 Å². The minimum absolute atomic E-state index is 0.00357. The van der Waals surface area contributed by atoms with E-state index in [4.69, 9.17) is 5.11 Å². The molecule has 2 aliphatic carbocycles. The van der Waals surface area contributed by atoms with Crippen LogP contribution in [0.2, 0.25) is 0 Å². The van der Waals surface area contributed by atoms with Crippen LogP contribution < -0.4 is 10.6 Å². The van der Waals surface area contributed by atoms with E-state index in [1.54, 1.807) is 6.92 Å². The molecule has 0 unspecified atom stereocenters. The third-order valence-electron chi connectivity index (χ3n) is 5.16. The third kappa shape index (κ3) is 5.16. The van der Waals surface area contributed by atoms with Crippen LogP contribution in [0.5, 0.6) is 0 Å². The zero-order chi connectivity index (χ0) is 19.6. The Morgan fingerprint density at radius 2 is 2.04 bits per heavy atom. The summed E-state index contributed by atoms with van der Waals surface area (Å²) in [5, 5.41) is 25.4. The molecule has 2 saturated carbocycles. The Morgan fingerprint density at radius 3 is 2.59 bits per heavy atom. The predicted octanol–water partition coefficient (Wildman–Crippen LogP) is 2.35. The molecule has 2 amide bonds. The van der Waals surface area contributed by atoms with E-state index < -0.39 is 10.9 Å². The zero-order valence-corrected chi connectivity index (χ0v) is 15.2. The number of anilines is 1. The van der Waals surface area contributed by atoms with Crippen LogP contribution in [0.1, 0.15) is 31.2 Å². The van der Waals surface area contributed by atoms with E-state index in [-0.39, 0.29) is 30.3 Å². The van der Waals surface area contributed by atoms with Gasteiger partial charge in [-0.05, 0) is 50.2 Å². The lowest BCUT2D eigenvalue weighted by atomic mass is 9.85. The fourth-order valence-electron chi connectivity index (χ4n) is 3.40. The van der Waals surface area contributed by atoms with Crippen LogP contribution in [0.25, 0.3) is 0 Å². The smallest absolute Gasteiger partial charge is 0.319 e. The van der Waals surface area contributed by atoms with Gasteiger partial charge in [-0.15, -0.1) is 0 Å². The molecule has 3 rings (SSSR count). The Hall–Kier alpha value is -2.68. The summed E-state index contributed by atoms with van der Waals surface area (Å²) in [6, 6.07) is 4.11. The molecule has 0 heterocycles. The summed E-state index contributed by atoms with van der Waals surface area (Å²) < 4.78 is 0. The molecule has 1 aromatic rings. The molecule has 27 heavy (non-hydrogen) atoms. The van der Waals surface area contributed by atoms with Crippen molar-refractivity contribution >= 4 is 23.4 Å². The van der Waals surface area contributed by atoms with Gasteiger partial charge in [0.05, 0.1) is 11.5 Å². The molecular formula is C18H24N4O5. The molecular weight excluding hydrogens is 352 g/mol. The molecule has 0 aromatic heterocycles. The molecule has 0 saturated heterocycles. The number of carbonyl (C=O) groups is 2. The number of carbonyl (C=O) groups excluding carboxylic acids is 1. The van der Waals surface area contributed by atoms with Gasteiger partial charge in [0.1, 0.15) is 0 Å². The fourth-order valence-corrected chi connectivity index (χ4v) is 3.40. The average Bonchev–Trinajstić information content (AvgIpc) is 3.35. The van der Waals surface area contributed by atoms with Crippen molar-refractivity contribution in [3.63, 3.8) is 0 Å². The summed E-state index contributed by atoms with van der Waals surface area (Å²) in [7, 11) is 0. The van der Waals surface area contributed by atoms with Crippen LogP contribution in [0.3, 0.4) is 0 Å². The number of amides is 2. The van der Waals surface area contributed by atoms with Crippen molar-refractivity contribution in [1.82, 2.24) is 10.2 Å². The van der Waals surface area contributed by atoms with Gasteiger partial charge in [0.25, 0.3) is 5.69 Å². The number of nitrogens with zero attached hydrogens (tertiary/aromatic N) is 2. The predicted molar refractivity (Wildman–Crippen MR) is 98.7 cm³/mol. The maximum absolute atomic E-state index is 12.2. The highest BCUT2D eigenvalue weighted by Gasteiger charge is 2.37. The lowest BCUT2D eigenvalue weighted by Crippen LogP contribution is -2.55. The van der Waals surface area contributed by atoms with Crippen molar-refractivity contribution in [3.05, 3.63) is 33.9 Å². The lowest BCUT2D eigenvalue weighted by Gasteiger charge is -2.42. The van der Waals surface area contributed by atoms with Crippen molar-refractivity contribution in [2.75, 3.05) is 18.4 Å². The highest BCUT2D eigenvalue weighted by molar-refractivity contribution is 5.90. The van der Waals surface area contributed by atoms with E-state index in [1.807, 2.05) is 4.90 Å². The Kier molecular flexibility index (Phi) is 5.59. The summed E-state index contributed by atoms with van der Waals surface area (Å²) in [5.41, 5.74) is 1.12. The first-order valence-corrected chi connectivity index (χ1v) is 9.10. The number of nitrogens with one attached hydrogen (secondary N) is 2. The van der Waals surface area contributed by atoms with Crippen LogP contribution in [0, 0.1) is 23.0 Å². The molecule has 0 bridgehead atoms. The number of nitro groups is 1. The minimum atomic E-state index is -0.821. The van der Waals surface area contributed by atoms with Crippen molar-refractivity contribution < 1.29 is 19.6 Å². The monoisotopic (exact) mass is 376 g/mol. The average molecular weight is 376 g/mol. The number of aliphatic carboxylic acids is 1. The highest BCUT2D eigenvalue weighted by atomic mass is 16.6. The van der Waals surface area contributed by atoms with E-state index >= 15 is 0 Å². The van der Waals surface area contributed by atoms with E-state index in [0.29, 0.717) is 17.2 Å². The third-order valence-corrected chi connectivity index (χ3v) is 5.16. The maximum Gasteiger partial charge on any atom is 0.319 e. The molecule has 9 nitrogen and oxygen atoms in total. The lowest BCUT2D eigenvalue weighted by molar-refractivity contribution is -0.384. The number of carboxylic acid groups (broad SMARTS) is 1. The summed E-state index contributed by atoms with van der Waals surface area (Å²) >= 11 is 0. The van der Waals surface area contributed by atoms with E-state index in [1.165, 1.54) is 31.0 Å². The SMILES string of the molecule is Cc1cc([N+](=O)[O-])ccc1NC(=O)NC1CC(N(CC(=O)O)CC2CC2)C1. The number of aryl methyl sites for hydroxylation is 1. The fraction of sp³-hybridized carbons (Fsp3) is 0.556. The van der Waals surface area contributed by atoms with Crippen molar-refractivity contribution in [1.29, 1.82) is 0 Å². The molecule has 0 aliphatic heterocycles. The normalized spacial score (nSPS) is 21.4. The van der Waals surface area contributed by atoms with Gasteiger partial charge in [0, 0.05) is 36.4 Å². The number of hydrogen-bond donors (Lipinski definition) is 3. The van der Waals surface area contributed by atoms with Gasteiger partial charge < -0.3 is 15.7 Å². The molecule has 9 heteroatoms. The van der Waals surface area contributed by atoms with Crippen LogP contribution in [-0.2, 0) is 4.79 Å². The molecule has 0 spiro atoms. The van der Waals surface area contributed by atoms with Crippen LogP contribution >= 0.6 is 0 Å². The number of hydrogen-bond acceptors (Lipinski definition) is 5. The van der Waals surface area contributed by atoms with E-state index in [2.05, 4.69) is 10.6 Å². The Balaban J connectivity index is 1.47. The summed E-state index contributed by atoms with van der Waals surface area (Å²) in [4.78, 5) is 35.5. The molecule has 0 atom stereocenters. The second-order valence-corrected chi connectivity index (χ2v) is 7.44. The van der Waals surface area contributed by atoms with Gasteiger partial charge in [0.2, 0.25) is 0 Å². The Bertz CT molecular complexity index is 743. The minimum Gasteiger partial charge on any atom is -0.480 e. The number of non-ortho nitro benzene ring substituents is 1. The summed E-state index contributed by atoms with van der Waals surface area (Å²) in [5.74, 6) is -0.205. The first-order chi connectivity index (χ1) is 12.8. The van der Waals surface area contributed by atoms with E-state index in [9.17, 15) is 19.7 Å². The van der Waals surface area contributed by atoms with Gasteiger partial charge in [-0.1, -0.05) is 0 Å². The van der Waals surface area contributed by atoms with Gasteiger partial charge in [-0.25, -0.2) is 4.79 Å². The zero-order valence-electron chi connectivity index (χ0n) is 15.2. The van der Waals surface area contributed by atoms with Crippen molar-refractivity contribution in [2.24, 2.45) is 5.92 Å². The van der Waals surface area contributed by atoms with Gasteiger partial charge in [-0.2, -0.15) is 0 Å². The van der Waals surface area contributed by atoms with E-state index in [0.717, 1.165) is 19.4 Å². The number of nitro benzene ring substituents is 1. The number of carboxylic acids is 1. The number of urea groups is 1. The molecule has 0 radical (unpaired) electrons. The standard InChI is InChI=1S/C18H24N4O5/c1-11-6-14(22(26)27)4-5-16(11)20-18(25)19-13-7-15(8-13)21(10-17(23)24)9-12-2-3-12/h4-6,12-13,15H,2-3,7-10H2,1H3,(H,23,24)(H2,19,20,25). The number of rotatable bonds is 8. The number of benzene rings is 1.